The van der Waals surface area contributed by atoms with Gasteiger partial charge in [0.25, 0.3) is 0 Å². The van der Waals surface area contributed by atoms with Crippen LogP contribution in [0.15, 0.2) is 47.6 Å². The highest BCUT2D eigenvalue weighted by molar-refractivity contribution is 7.99. The molecule has 2 heterocycles. The first-order chi connectivity index (χ1) is 15.0. The van der Waals surface area contributed by atoms with Crippen LogP contribution < -0.4 is 10.2 Å². The van der Waals surface area contributed by atoms with E-state index in [9.17, 15) is 4.79 Å². The Balaban J connectivity index is 1.55. The van der Waals surface area contributed by atoms with Crippen molar-refractivity contribution in [3.05, 3.63) is 58.6 Å². The molecule has 162 valence electrons. The van der Waals surface area contributed by atoms with Gasteiger partial charge in [0.2, 0.25) is 11.9 Å². The molecule has 0 bridgehead atoms. The van der Waals surface area contributed by atoms with Gasteiger partial charge >= 0.3 is 0 Å². The van der Waals surface area contributed by atoms with Crippen LogP contribution in [0.1, 0.15) is 11.1 Å². The van der Waals surface area contributed by atoms with Gasteiger partial charge in [-0.2, -0.15) is 0 Å². The number of carbonyl (C=O) groups excluding carboxylic acids is 1. The lowest BCUT2D eigenvalue weighted by atomic mass is 10.2. The van der Waals surface area contributed by atoms with Crippen LogP contribution >= 0.6 is 23.4 Å². The molecule has 0 radical (unpaired) electrons. The Labute approximate surface area is 190 Å². The summed E-state index contributed by atoms with van der Waals surface area (Å²) in [4.78, 5) is 14.7. The van der Waals surface area contributed by atoms with Crippen molar-refractivity contribution in [3.8, 4) is 5.69 Å². The predicted molar refractivity (Wildman–Crippen MR) is 125 cm³/mol. The van der Waals surface area contributed by atoms with Gasteiger partial charge in [-0.1, -0.05) is 47.6 Å². The third-order valence-electron chi connectivity index (χ3n) is 5.05. The number of amides is 1. The summed E-state index contributed by atoms with van der Waals surface area (Å²) in [7, 11) is 0. The second-order valence-electron chi connectivity index (χ2n) is 7.30. The molecule has 1 saturated heterocycles. The van der Waals surface area contributed by atoms with Crippen LogP contribution in [0.4, 0.5) is 11.6 Å². The Morgan fingerprint density at radius 1 is 1.13 bits per heavy atom. The smallest absolute Gasteiger partial charge is 0.234 e. The summed E-state index contributed by atoms with van der Waals surface area (Å²) in [5, 5.41) is 13.1. The van der Waals surface area contributed by atoms with Crippen LogP contribution in [0.3, 0.4) is 0 Å². The molecule has 0 saturated carbocycles. The fourth-order valence-corrected chi connectivity index (χ4v) is 4.27. The van der Waals surface area contributed by atoms with Gasteiger partial charge in [-0.3, -0.25) is 9.36 Å². The summed E-state index contributed by atoms with van der Waals surface area (Å²) in [6.45, 7) is 6.80. The number of aryl methyl sites for hydroxylation is 2. The number of hydrogen-bond acceptors (Lipinski definition) is 6. The number of thioether (sulfide) groups is 1. The van der Waals surface area contributed by atoms with E-state index in [1.54, 1.807) is 6.07 Å². The van der Waals surface area contributed by atoms with Crippen LogP contribution in [0.2, 0.25) is 5.02 Å². The zero-order valence-corrected chi connectivity index (χ0v) is 19.0. The van der Waals surface area contributed by atoms with Crippen LogP contribution in [-0.2, 0) is 9.53 Å². The van der Waals surface area contributed by atoms with E-state index in [2.05, 4.69) is 33.4 Å². The molecule has 7 nitrogen and oxygen atoms in total. The minimum Gasteiger partial charge on any atom is -0.378 e. The minimum absolute atomic E-state index is 0.128. The molecule has 1 N–H and O–H groups in total. The maximum absolute atomic E-state index is 12.5. The Kier molecular flexibility index (Phi) is 6.80. The minimum atomic E-state index is -0.128. The highest BCUT2D eigenvalue weighted by atomic mass is 35.5. The van der Waals surface area contributed by atoms with Gasteiger partial charge in [0.1, 0.15) is 0 Å². The number of rotatable bonds is 6. The monoisotopic (exact) mass is 457 g/mol. The van der Waals surface area contributed by atoms with Gasteiger partial charge in [-0.05, 0) is 43.2 Å². The third-order valence-corrected chi connectivity index (χ3v) is 6.39. The van der Waals surface area contributed by atoms with Gasteiger partial charge in [0.05, 0.1) is 24.7 Å². The highest BCUT2D eigenvalue weighted by Gasteiger charge is 2.23. The van der Waals surface area contributed by atoms with Crippen LogP contribution in [-0.4, -0.2) is 52.7 Å². The van der Waals surface area contributed by atoms with Crippen molar-refractivity contribution in [3.63, 3.8) is 0 Å². The summed E-state index contributed by atoms with van der Waals surface area (Å²) in [5.41, 5.74) is 3.76. The first kappa shape index (κ1) is 21.7. The molecule has 1 amide bonds. The summed E-state index contributed by atoms with van der Waals surface area (Å²) < 4.78 is 7.51. The Hall–Kier alpha value is -2.55. The molecule has 0 atom stereocenters. The summed E-state index contributed by atoms with van der Waals surface area (Å²) in [5.74, 6) is 0.849. The van der Waals surface area contributed by atoms with Crippen LogP contribution in [0.5, 0.6) is 0 Å². The van der Waals surface area contributed by atoms with Crippen molar-refractivity contribution in [1.29, 1.82) is 0 Å². The van der Waals surface area contributed by atoms with E-state index in [0.717, 1.165) is 35.9 Å². The van der Waals surface area contributed by atoms with E-state index in [0.29, 0.717) is 29.1 Å². The fraction of sp³-hybridized carbons (Fsp3) is 0.318. The van der Waals surface area contributed by atoms with Crippen molar-refractivity contribution in [2.45, 2.75) is 19.0 Å². The topological polar surface area (TPSA) is 72.3 Å². The maximum Gasteiger partial charge on any atom is 0.234 e. The quantitative estimate of drug-likeness (QED) is 0.562. The summed E-state index contributed by atoms with van der Waals surface area (Å²) in [6.07, 6.45) is 0. The molecule has 1 aliphatic heterocycles. The third kappa shape index (κ3) is 5.03. The SMILES string of the molecule is Cc1ccc(NC(=O)CSc2nnc(N3CCOCC3)n2-c2ccccc2C)cc1Cl. The molecule has 0 unspecified atom stereocenters. The lowest BCUT2D eigenvalue weighted by Gasteiger charge is -2.28. The molecule has 0 aliphatic carbocycles. The Bertz CT molecular complexity index is 1080. The second kappa shape index (κ2) is 9.72. The van der Waals surface area contributed by atoms with E-state index in [1.165, 1.54) is 11.8 Å². The molecular weight excluding hydrogens is 434 g/mol. The average molecular weight is 458 g/mol. The standard InChI is InChI=1S/C22H24ClN5O2S/c1-15-7-8-17(13-18(15)23)24-20(29)14-31-22-26-25-21(27-9-11-30-12-10-27)28(22)19-6-4-3-5-16(19)2/h3-8,13H,9-12,14H2,1-2H3,(H,24,29). The second-order valence-corrected chi connectivity index (χ2v) is 8.65. The largest absolute Gasteiger partial charge is 0.378 e. The number of nitrogens with zero attached hydrogens (tertiary/aromatic N) is 4. The molecule has 3 aromatic rings. The van der Waals surface area contributed by atoms with Gasteiger partial charge in [-0.15, -0.1) is 10.2 Å². The number of para-hydroxylation sites is 1. The number of benzene rings is 2. The average Bonchev–Trinajstić information content (AvgIpc) is 3.19. The van der Waals surface area contributed by atoms with Gasteiger partial charge < -0.3 is 15.0 Å². The Morgan fingerprint density at radius 3 is 2.65 bits per heavy atom. The van der Waals surface area contributed by atoms with E-state index in [-0.39, 0.29) is 11.7 Å². The van der Waals surface area contributed by atoms with E-state index >= 15 is 0 Å². The lowest BCUT2D eigenvalue weighted by Crippen LogP contribution is -2.38. The Morgan fingerprint density at radius 2 is 1.90 bits per heavy atom. The highest BCUT2D eigenvalue weighted by Crippen LogP contribution is 2.29. The molecule has 4 rings (SSSR count). The van der Waals surface area contributed by atoms with Gasteiger partial charge in [0, 0.05) is 23.8 Å². The number of halogens is 1. The van der Waals surface area contributed by atoms with Crippen molar-refractivity contribution in [2.24, 2.45) is 0 Å². The van der Waals surface area contributed by atoms with E-state index < -0.39 is 0 Å². The maximum atomic E-state index is 12.5. The summed E-state index contributed by atoms with van der Waals surface area (Å²) in [6, 6.07) is 13.6. The zero-order chi connectivity index (χ0) is 21.8. The zero-order valence-electron chi connectivity index (χ0n) is 17.5. The van der Waals surface area contributed by atoms with Crippen molar-refractivity contribution in [2.75, 3.05) is 42.3 Å². The van der Waals surface area contributed by atoms with Crippen LogP contribution in [0, 0.1) is 13.8 Å². The normalized spacial score (nSPS) is 14.0. The first-order valence-corrected chi connectivity index (χ1v) is 11.4. The molecular formula is C22H24ClN5O2S. The lowest BCUT2D eigenvalue weighted by molar-refractivity contribution is -0.113. The number of hydrogen-bond donors (Lipinski definition) is 1. The molecule has 1 fully saturated rings. The van der Waals surface area contributed by atoms with Gasteiger partial charge in [0.15, 0.2) is 5.16 Å². The number of nitrogens with one attached hydrogen (secondary N) is 1. The number of aromatic nitrogens is 3. The predicted octanol–water partition coefficient (Wildman–Crippen LogP) is 4.10. The van der Waals surface area contributed by atoms with E-state index in [4.69, 9.17) is 16.3 Å². The van der Waals surface area contributed by atoms with Crippen molar-refractivity contribution >= 4 is 40.9 Å². The number of morpholine rings is 1. The number of carbonyl (C=O) groups is 1. The molecule has 9 heteroatoms. The molecule has 1 aromatic heterocycles. The molecule has 31 heavy (non-hydrogen) atoms. The number of anilines is 2. The first-order valence-electron chi connectivity index (χ1n) is 10.1. The van der Waals surface area contributed by atoms with Crippen LogP contribution in [0.25, 0.3) is 5.69 Å². The van der Waals surface area contributed by atoms with E-state index in [1.807, 2.05) is 41.8 Å². The van der Waals surface area contributed by atoms with Crippen molar-refractivity contribution < 1.29 is 9.53 Å². The fourth-order valence-electron chi connectivity index (χ4n) is 3.35. The molecule has 2 aromatic carbocycles. The van der Waals surface area contributed by atoms with Gasteiger partial charge in [-0.25, -0.2) is 0 Å². The number of ether oxygens (including phenoxy) is 1. The molecule has 1 aliphatic rings. The van der Waals surface area contributed by atoms with Crippen molar-refractivity contribution in [1.82, 2.24) is 14.8 Å². The molecule has 0 spiro atoms. The summed E-state index contributed by atoms with van der Waals surface area (Å²) >= 11 is 7.52.